The number of rotatable bonds is 5. The molecule has 2 N–H and O–H groups in total. The Kier molecular flexibility index (Phi) is 4.17. The van der Waals surface area contributed by atoms with Crippen LogP contribution in [0.4, 0.5) is 5.82 Å². The number of aliphatic hydroxyl groups is 1. The maximum Gasteiger partial charge on any atom is 0.129 e. The third-order valence-electron chi connectivity index (χ3n) is 4.32. The van der Waals surface area contributed by atoms with Crippen molar-refractivity contribution in [3.8, 4) is 0 Å². The largest absolute Gasteiger partial charge is 0.393 e. The third kappa shape index (κ3) is 3.27. The van der Waals surface area contributed by atoms with E-state index in [0.717, 1.165) is 43.3 Å². The van der Waals surface area contributed by atoms with E-state index in [1.165, 1.54) is 25.9 Å². The van der Waals surface area contributed by atoms with Gasteiger partial charge >= 0.3 is 0 Å². The molecule has 1 aliphatic carbocycles. The quantitative estimate of drug-likeness (QED) is 0.854. The summed E-state index contributed by atoms with van der Waals surface area (Å²) in [6, 6.07) is 2.05. The summed E-state index contributed by atoms with van der Waals surface area (Å²) in [5.74, 6) is 2.14. The fourth-order valence-corrected chi connectivity index (χ4v) is 3.07. The van der Waals surface area contributed by atoms with Crippen LogP contribution in [-0.4, -0.2) is 52.3 Å². The number of aliphatic hydroxyl groups excluding tert-OH is 1. The summed E-state index contributed by atoms with van der Waals surface area (Å²) in [7, 11) is 0. The maximum absolute atomic E-state index is 9.42. The van der Waals surface area contributed by atoms with E-state index in [2.05, 4.69) is 20.2 Å². The normalized spacial score (nSPS) is 26.5. The second kappa shape index (κ2) is 6.06. The summed E-state index contributed by atoms with van der Waals surface area (Å²) in [6.45, 7) is 6.42. The van der Waals surface area contributed by atoms with Crippen LogP contribution in [0.3, 0.4) is 0 Å². The molecule has 1 aliphatic heterocycles. The van der Waals surface area contributed by atoms with Crippen LogP contribution in [0.25, 0.3) is 0 Å². The second-order valence-electron chi connectivity index (χ2n) is 6.02. The highest BCUT2D eigenvalue weighted by molar-refractivity contribution is 5.37. The molecule has 1 aromatic rings. The van der Waals surface area contributed by atoms with Crippen LogP contribution in [0.2, 0.25) is 0 Å². The smallest absolute Gasteiger partial charge is 0.129 e. The zero-order chi connectivity index (χ0) is 13.9. The van der Waals surface area contributed by atoms with Crippen LogP contribution in [0, 0.1) is 6.92 Å². The van der Waals surface area contributed by atoms with Gasteiger partial charge in [-0.15, -0.1) is 0 Å². The minimum atomic E-state index is -0.137. The Morgan fingerprint density at radius 3 is 2.75 bits per heavy atom. The number of likely N-dealkylation sites (tertiary alicyclic amines) is 1. The monoisotopic (exact) mass is 276 g/mol. The average molecular weight is 276 g/mol. The Morgan fingerprint density at radius 1 is 1.30 bits per heavy atom. The van der Waals surface area contributed by atoms with Crippen LogP contribution in [0.5, 0.6) is 0 Å². The number of nitrogens with zero attached hydrogens (tertiary/aromatic N) is 3. The summed E-state index contributed by atoms with van der Waals surface area (Å²) in [5, 5.41) is 12.8. The van der Waals surface area contributed by atoms with Crippen molar-refractivity contribution < 1.29 is 5.11 Å². The van der Waals surface area contributed by atoms with Gasteiger partial charge in [-0.2, -0.15) is 0 Å². The standard InChI is InChI=1S/C15H24N4O/c1-11-17-14(12-8-13(20)9-12)10-15(18-11)16-4-7-19-5-2-3-6-19/h10,12-13,20H,2-9H2,1H3,(H,16,17,18). The van der Waals surface area contributed by atoms with E-state index in [-0.39, 0.29) is 6.10 Å². The molecule has 2 aliphatic rings. The molecule has 2 fully saturated rings. The average Bonchev–Trinajstić information content (AvgIpc) is 2.87. The van der Waals surface area contributed by atoms with Gasteiger partial charge in [0.2, 0.25) is 0 Å². The molecule has 5 nitrogen and oxygen atoms in total. The van der Waals surface area contributed by atoms with Gasteiger partial charge in [-0.25, -0.2) is 9.97 Å². The fraction of sp³-hybridized carbons (Fsp3) is 0.733. The lowest BCUT2D eigenvalue weighted by atomic mass is 9.80. The fourth-order valence-electron chi connectivity index (χ4n) is 3.07. The summed E-state index contributed by atoms with van der Waals surface area (Å²) < 4.78 is 0. The minimum absolute atomic E-state index is 0.137. The highest BCUT2D eigenvalue weighted by Gasteiger charge is 2.30. The molecule has 2 heterocycles. The maximum atomic E-state index is 9.42. The first-order chi connectivity index (χ1) is 9.70. The van der Waals surface area contributed by atoms with Crippen molar-refractivity contribution in [2.75, 3.05) is 31.5 Å². The van der Waals surface area contributed by atoms with E-state index in [1.807, 2.05) is 13.0 Å². The Balaban J connectivity index is 1.55. The van der Waals surface area contributed by atoms with Gasteiger partial charge in [0, 0.05) is 30.8 Å². The van der Waals surface area contributed by atoms with E-state index >= 15 is 0 Å². The summed E-state index contributed by atoms with van der Waals surface area (Å²) in [4.78, 5) is 11.4. The molecule has 1 saturated heterocycles. The molecule has 1 saturated carbocycles. The molecule has 0 bridgehead atoms. The van der Waals surface area contributed by atoms with Crippen molar-refractivity contribution >= 4 is 5.82 Å². The summed E-state index contributed by atoms with van der Waals surface area (Å²) in [5.41, 5.74) is 1.08. The lowest BCUT2D eigenvalue weighted by Crippen LogP contribution is -2.28. The molecule has 0 amide bonds. The number of nitrogens with one attached hydrogen (secondary N) is 1. The van der Waals surface area contributed by atoms with Gasteiger partial charge in [0.25, 0.3) is 0 Å². The predicted octanol–water partition coefficient (Wildman–Crippen LogP) is 1.53. The van der Waals surface area contributed by atoms with E-state index in [0.29, 0.717) is 5.92 Å². The topological polar surface area (TPSA) is 61.3 Å². The number of hydrogen-bond donors (Lipinski definition) is 2. The highest BCUT2D eigenvalue weighted by Crippen LogP contribution is 2.36. The van der Waals surface area contributed by atoms with Crippen molar-refractivity contribution in [3.63, 3.8) is 0 Å². The van der Waals surface area contributed by atoms with Crippen molar-refractivity contribution in [1.29, 1.82) is 0 Å². The van der Waals surface area contributed by atoms with Crippen molar-refractivity contribution in [1.82, 2.24) is 14.9 Å². The molecule has 3 rings (SSSR count). The molecule has 0 spiro atoms. The van der Waals surface area contributed by atoms with E-state index in [1.54, 1.807) is 0 Å². The molecule has 1 aromatic heterocycles. The Hall–Kier alpha value is -1.20. The van der Waals surface area contributed by atoms with Gasteiger partial charge in [-0.1, -0.05) is 0 Å². The molecular weight excluding hydrogens is 252 g/mol. The summed E-state index contributed by atoms with van der Waals surface area (Å²) >= 11 is 0. The van der Waals surface area contributed by atoms with Gasteiger partial charge in [0.05, 0.1) is 6.10 Å². The summed E-state index contributed by atoms with van der Waals surface area (Å²) in [6.07, 6.45) is 4.20. The SMILES string of the molecule is Cc1nc(NCCN2CCCC2)cc(C2CC(O)C2)n1. The molecule has 5 heteroatoms. The molecule has 0 atom stereocenters. The van der Waals surface area contributed by atoms with Gasteiger partial charge in [0.1, 0.15) is 11.6 Å². The van der Waals surface area contributed by atoms with Gasteiger partial charge in [-0.05, 0) is 45.7 Å². The Morgan fingerprint density at radius 2 is 2.05 bits per heavy atom. The molecule has 20 heavy (non-hydrogen) atoms. The van der Waals surface area contributed by atoms with E-state index in [4.69, 9.17) is 0 Å². The van der Waals surface area contributed by atoms with Crippen LogP contribution >= 0.6 is 0 Å². The number of anilines is 1. The highest BCUT2D eigenvalue weighted by atomic mass is 16.3. The van der Waals surface area contributed by atoms with Crippen LogP contribution in [0.1, 0.15) is 43.1 Å². The first-order valence-corrected chi connectivity index (χ1v) is 7.70. The lowest BCUT2D eigenvalue weighted by Gasteiger charge is -2.31. The minimum Gasteiger partial charge on any atom is -0.393 e. The van der Waals surface area contributed by atoms with Crippen molar-refractivity contribution in [2.24, 2.45) is 0 Å². The van der Waals surface area contributed by atoms with Crippen molar-refractivity contribution in [2.45, 2.75) is 44.6 Å². The Labute approximate surface area is 120 Å². The van der Waals surface area contributed by atoms with E-state index < -0.39 is 0 Å². The zero-order valence-electron chi connectivity index (χ0n) is 12.2. The van der Waals surface area contributed by atoms with Crippen LogP contribution in [-0.2, 0) is 0 Å². The first-order valence-electron chi connectivity index (χ1n) is 7.70. The number of hydrogen-bond acceptors (Lipinski definition) is 5. The third-order valence-corrected chi connectivity index (χ3v) is 4.32. The van der Waals surface area contributed by atoms with Crippen molar-refractivity contribution in [3.05, 3.63) is 17.6 Å². The molecular formula is C15H24N4O. The molecule has 0 radical (unpaired) electrons. The van der Waals surface area contributed by atoms with E-state index in [9.17, 15) is 5.11 Å². The van der Waals surface area contributed by atoms with Gasteiger partial charge < -0.3 is 15.3 Å². The molecule has 0 unspecified atom stereocenters. The van der Waals surface area contributed by atoms with Gasteiger partial charge in [0.15, 0.2) is 0 Å². The number of aromatic nitrogens is 2. The Bertz CT molecular complexity index is 453. The predicted molar refractivity (Wildman–Crippen MR) is 78.9 cm³/mol. The molecule has 0 aromatic carbocycles. The number of aryl methyl sites for hydroxylation is 1. The lowest BCUT2D eigenvalue weighted by molar-refractivity contribution is 0.0731. The molecule has 110 valence electrons. The van der Waals surface area contributed by atoms with Crippen LogP contribution in [0.15, 0.2) is 6.07 Å². The second-order valence-corrected chi connectivity index (χ2v) is 6.02. The zero-order valence-corrected chi connectivity index (χ0v) is 12.2. The first kappa shape index (κ1) is 13.8. The van der Waals surface area contributed by atoms with Gasteiger partial charge in [-0.3, -0.25) is 0 Å². The van der Waals surface area contributed by atoms with Crippen LogP contribution < -0.4 is 5.32 Å².